The highest BCUT2D eigenvalue weighted by Crippen LogP contribution is 2.17. The van der Waals surface area contributed by atoms with Gasteiger partial charge in [-0.05, 0) is 49.6 Å². The number of benzene rings is 1. The zero-order valence-electron chi connectivity index (χ0n) is 18.0. The average molecular weight is 421 g/mol. The molecule has 1 N–H and O–H groups in total. The highest BCUT2D eigenvalue weighted by Gasteiger charge is 2.17. The molecule has 7 nitrogen and oxygen atoms in total. The fourth-order valence-corrected chi connectivity index (χ4v) is 2.80. The van der Waals surface area contributed by atoms with Crippen LogP contribution in [0.4, 0.5) is 5.69 Å². The molecule has 162 valence electrons. The van der Waals surface area contributed by atoms with Crippen molar-refractivity contribution in [2.75, 3.05) is 25.0 Å². The molecule has 0 fully saturated rings. The van der Waals surface area contributed by atoms with Gasteiger partial charge in [-0.2, -0.15) is 5.26 Å². The number of hydrogen-bond acceptors (Lipinski definition) is 6. The van der Waals surface area contributed by atoms with Gasteiger partial charge >= 0.3 is 5.97 Å². The number of likely N-dealkylation sites (N-methyl/N-ethyl adjacent to an activating group) is 1. The maximum absolute atomic E-state index is 12.7. The van der Waals surface area contributed by atoms with E-state index in [4.69, 9.17) is 4.74 Å². The lowest BCUT2D eigenvalue weighted by Crippen LogP contribution is -2.23. The number of ether oxygens (including phenoxy) is 1. The molecule has 1 heterocycles. The van der Waals surface area contributed by atoms with Crippen LogP contribution in [0, 0.1) is 11.3 Å². The number of hydrogen-bond donors (Lipinski definition) is 1. The summed E-state index contributed by atoms with van der Waals surface area (Å²) in [5.41, 5.74) is 1.66. The van der Waals surface area contributed by atoms with Crippen molar-refractivity contribution in [3.8, 4) is 6.07 Å². The van der Waals surface area contributed by atoms with Gasteiger partial charge in [0.1, 0.15) is 11.6 Å². The molecule has 31 heavy (non-hydrogen) atoms. The van der Waals surface area contributed by atoms with Gasteiger partial charge in [-0.1, -0.05) is 25.5 Å². The van der Waals surface area contributed by atoms with E-state index in [2.05, 4.69) is 10.3 Å². The van der Waals surface area contributed by atoms with E-state index in [9.17, 15) is 14.9 Å². The van der Waals surface area contributed by atoms with Gasteiger partial charge in [-0.25, -0.2) is 4.79 Å². The van der Waals surface area contributed by atoms with Gasteiger partial charge in [0.15, 0.2) is 0 Å². The second kappa shape index (κ2) is 12.8. The molecule has 0 radical (unpaired) electrons. The SMILES string of the molecule is CCCCOC(=O)c1ccccc1NC(=O)/C(C#N)=C\N(CC)CCc1ccncc1. The molecule has 0 aliphatic heterocycles. The second-order valence-electron chi connectivity index (χ2n) is 6.88. The number of nitrogens with zero attached hydrogens (tertiary/aromatic N) is 3. The molecule has 1 aromatic carbocycles. The third-order valence-electron chi connectivity index (χ3n) is 4.65. The molecule has 1 amide bonds. The molecule has 0 aliphatic rings. The van der Waals surface area contributed by atoms with Crippen LogP contribution >= 0.6 is 0 Å². The lowest BCUT2D eigenvalue weighted by Gasteiger charge is -2.19. The Morgan fingerprint density at radius 2 is 1.94 bits per heavy atom. The number of anilines is 1. The monoisotopic (exact) mass is 420 g/mol. The summed E-state index contributed by atoms with van der Waals surface area (Å²) in [6.07, 6.45) is 7.48. The molecule has 0 spiro atoms. The largest absolute Gasteiger partial charge is 0.462 e. The summed E-state index contributed by atoms with van der Waals surface area (Å²) in [4.78, 5) is 31.0. The third-order valence-corrected chi connectivity index (χ3v) is 4.65. The Morgan fingerprint density at radius 1 is 1.19 bits per heavy atom. The van der Waals surface area contributed by atoms with Crippen molar-refractivity contribution >= 4 is 17.6 Å². The van der Waals surface area contributed by atoms with E-state index in [0.29, 0.717) is 25.4 Å². The van der Waals surface area contributed by atoms with Gasteiger partial charge in [0.25, 0.3) is 5.91 Å². The van der Waals surface area contributed by atoms with Gasteiger partial charge in [0.2, 0.25) is 0 Å². The Morgan fingerprint density at radius 3 is 2.61 bits per heavy atom. The van der Waals surface area contributed by atoms with Crippen molar-refractivity contribution in [2.45, 2.75) is 33.1 Å². The Labute approximate surface area is 183 Å². The van der Waals surface area contributed by atoms with Gasteiger partial charge in [0.05, 0.1) is 17.9 Å². The normalized spacial score (nSPS) is 10.8. The fraction of sp³-hybridized carbons (Fsp3) is 0.333. The molecule has 0 saturated carbocycles. The van der Waals surface area contributed by atoms with E-state index in [0.717, 1.165) is 24.8 Å². The third kappa shape index (κ3) is 7.59. The highest BCUT2D eigenvalue weighted by atomic mass is 16.5. The minimum Gasteiger partial charge on any atom is -0.462 e. The van der Waals surface area contributed by atoms with Crippen molar-refractivity contribution in [1.29, 1.82) is 5.26 Å². The first-order valence-corrected chi connectivity index (χ1v) is 10.4. The van der Waals surface area contributed by atoms with E-state index < -0.39 is 11.9 Å². The minimum atomic E-state index is -0.571. The molecule has 0 atom stereocenters. The van der Waals surface area contributed by atoms with Crippen LogP contribution in [0.3, 0.4) is 0 Å². The van der Waals surface area contributed by atoms with Crippen molar-refractivity contribution < 1.29 is 14.3 Å². The molecule has 0 bridgehead atoms. The summed E-state index contributed by atoms with van der Waals surface area (Å²) < 4.78 is 5.25. The van der Waals surface area contributed by atoms with Crippen LogP contribution in [-0.2, 0) is 16.0 Å². The molecule has 0 aliphatic carbocycles. The number of pyridine rings is 1. The first-order valence-electron chi connectivity index (χ1n) is 10.4. The molecule has 0 saturated heterocycles. The Bertz CT molecular complexity index is 935. The summed E-state index contributed by atoms with van der Waals surface area (Å²) >= 11 is 0. The second-order valence-corrected chi connectivity index (χ2v) is 6.88. The molecule has 0 unspecified atom stereocenters. The number of aromatic nitrogens is 1. The Kier molecular flexibility index (Phi) is 9.76. The minimum absolute atomic E-state index is 0.0364. The van der Waals surface area contributed by atoms with Gasteiger partial charge in [0, 0.05) is 31.7 Å². The van der Waals surface area contributed by atoms with Crippen LogP contribution < -0.4 is 5.32 Å². The van der Waals surface area contributed by atoms with E-state index in [1.807, 2.05) is 36.9 Å². The summed E-state index contributed by atoms with van der Waals surface area (Å²) in [5, 5.41) is 12.2. The number of nitrogens with one attached hydrogen (secondary N) is 1. The number of carbonyl (C=O) groups is 2. The molecule has 1 aromatic heterocycles. The summed E-state index contributed by atoms with van der Waals surface area (Å²) in [6, 6.07) is 12.4. The molecule has 2 rings (SSSR count). The van der Waals surface area contributed by atoms with Crippen LogP contribution in [0.1, 0.15) is 42.6 Å². The number of para-hydroxylation sites is 1. The first kappa shape index (κ1) is 23.6. The van der Waals surface area contributed by atoms with Crippen molar-refractivity contribution in [1.82, 2.24) is 9.88 Å². The lowest BCUT2D eigenvalue weighted by atomic mass is 10.1. The number of unbranched alkanes of at least 4 members (excludes halogenated alkanes) is 1. The maximum Gasteiger partial charge on any atom is 0.340 e. The summed E-state index contributed by atoms with van der Waals surface area (Å²) in [5.74, 6) is -1.07. The van der Waals surface area contributed by atoms with Crippen LogP contribution in [0.15, 0.2) is 60.6 Å². The molecular weight excluding hydrogens is 392 g/mol. The molecule has 7 heteroatoms. The van der Waals surface area contributed by atoms with Crippen LogP contribution in [0.25, 0.3) is 0 Å². The first-order chi connectivity index (χ1) is 15.1. The van der Waals surface area contributed by atoms with E-state index in [1.165, 1.54) is 0 Å². The van der Waals surface area contributed by atoms with Crippen molar-refractivity contribution in [3.63, 3.8) is 0 Å². The Hall–Kier alpha value is -3.66. The smallest absolute Gasteiger partial charge is 0.340 e. The summed E-state index contributed by atoms with van der Waals surface area (Å²) in [6.45, 7) is 5.58. The van der Waals surface area contributed by atoms with Gasteiger partial charge in [-0.15, -0.1) is 0 Å². The average Bonchev–Trinajstić information content (AvgIpc) is 2.80. The van der Waals surface area contributed by atoms with Gasteiger partial charge < -0.3 is 15.0 Å². The van der Waals surface area contributed by atoms with Crippen LogP contribution in [-0.4, -0.2) is 41.5 Å². The zero-order chi connectivity index (χ0) is 22.5. The fourth-order valence-electron chi connectivity index (χ4n) is 2.80. The molecular formula is C24H28N4O3. The standard InChI is InChI=1S/C24H28N4O3/c1-3-5-16-31-24(30)21-8-6-7-9-22(21)27-23(29)20(17-25)18-28(4-2)15-12-19-10-13-26-14-11-19/h6-11,13-14,18H,3-5,12,15-16H2,1-2H3,(H,27,29)/b20-18-. The zero-order valence-corrected chi connectivity index (χ0v) is 18.0. The van der Waals surface area contributed by atoms with Crippen LogP contribution in [0.2, 0.25) is 0 Å². The van der Waals surface area contributed by atoms with E-state index in [-0.39, 0.29) is 11.1 Å². The van der Waals surface area contributed by atoms with E-state index >= 15 is 0 Å². The highest BCUT2D eigenvalue weighted by molar-refractivity contribution is 6.09. The molecule has 2 aromatic rings. The Balaban J connectivity index is 2.08. The number of carbonyl (C=O) groups excluding carboxylic acids is 2. The lowest BCUT2D eigenvalue weighted by molar-refractivity contribution is -0.112. The quantitative estimate of drug-likeness (QED) is 0.256. The number of rotatable bonds is 11. The topological polar surface area (TPSA) is 95.3 Å². The number of esters is 1. The summed E-state index contributed by atoms with van der Waals surface area (Å²) in [7, 11) is 0. The predicted octanol–water partition coefficient (Wildman–Crippen LogP) is 3.95. The van der Waals surface area contributed by atoms with Crippen molar-refractivity contribution in [3.05, 3.63) is 71.7 Å². The maximum atomic E-state index is 12.7. The number of nitriles is 1. The van der Waals surface area contributed by atoms with Gasteiger partial charge in [-0.3, -0.25) is 9.78 Å². The number of amides is 1. The van der Waals surface area contributed by atoms with Crippen molar-refractivity contribution in [2.24, 2.45) is 0 Å². The van der Waals surface area contributed by atoms with E-state index in [1.54, 1.807) is 42.9 Å². The van der Waals surface area contributed by atoms with Crippen LogP contribution in [0.5, 0.6) is 0 Å². The predicted molar refractivity (Wildman–Crippen MR) is 119 cm³/mol.